The molecular weight excluding hydrogens is 238 g/mol. The Hall–Kier alpha value is -1.62. The molecule has 1 fully saturated rings. The molecule has 1 aliphatic rings. The molecule has 1 aromatic heterocycles. The van der Waals surface area contributed by atoms with E-state index in [1.807, 2.05) is 19.1 Å². The fraction of sp³-hybridized carbons (Fsp3) is 0.571. The van der Waals surface area contributed by atoms with Gasteiger partial charge in [-0.05, 0) is 31.4 Å². The molecule has 1 aromatic rings. The van der Waals surface area contributed by atoms with Crippen molar-refractivity contribution in [3.05, 3.63) is 29.6 Å². The zero-order valence-electron chi connectivity index (χ0n) is 11.5. The van der Waals surface area contributed by atoms with Gasteiger partial charge >= 0.3 is 0 Å². The number of hydrogen-bond donors (Lipinski definition) is 3. The number of aromatic nitrogens is 1. The van der Waals surface area contributed by atoms with Crippen LogP contribution in [-0.2, 0) is 6.54 Å². The third-order valence-electron chi connectivity index (χ3n) is 3.59. The lowest BCUT2D eigenvalue weighted by Crippen LogP contribution is -2.47. The van der Waals surface area contributed by atoms with Gasteiger partial charge in [0.2, 0.25) is 5.96 Å². The molecule has 0 saturated heterocycles. The minimum atomic E-state index is 0.494. The van der Waals surface area contributed by atoms with Gasteiger partial charge in [0.25, 0.3) is 0 Å². The van der Waals surface area contributed by atoms with E-state index in [4.69, 9.17) is 5.84 Å². The quantitative estimate of drug-likeness (QED) is 0.334. The SMILES string of the molecule is Cc1cccnc1CN=C(NN)NC1CCCCC1. The predicted octanol–water partition coefficient (Wildman–Crippen LogP) is 1.63. The molecule has 0 unspecified atom stereocenters. The van der Waals surface area contributed by atoms with Crippen LogP contribution in [0.25, 0.3) is 0 Å². The molecule has 0 radical (unpaired) electrons. The maximum atomic E-state index is 5.53. The van der Waals surface area contributed by atoms with Crippen molar-refractivity contribution in [1.29, 1.82) is 0 Å². The van der Waals surface area contributed by atoms with E-state index in [9.17, 15) is 0 Å². The number of aliphatic imine (C=N–C) groups is 1. The fourth-order valence-electron chi connectivity index (χ4n) is 2.41. The lowest BCUT2D eigenvalue weighted by atomic mass is 9.96. The number of hydrogen-bond acceptors (Lipinski definition) is 3. The maximum absolute atomic E-state index is 5.53. The maximum Gasteiger partial charge on any atom is 0.206 e. The second-order valence-corrected chi connectivity index (χ2v) is 5.06. The van der Waals surface area contributed by atoms with Crippen molar-refractivity contribution < 1.29 is 0 Å². The van der Waals surface area contributed by atoms with Gasteiger partial charge in [-0.1, -0.05) is 25.3 Å². The molecule has 5 nitrogen and oxygen atoms in total. The van der Waals surface area contributed by atoms with Crippen molar-refractivity contribution >= 4 is 5.96 Å². The van der Waals surface area contributed by atoms with Gasteiger partial charge < -0.3 is 5.32 Å². The Labute approximate surface area is 114 Å². The fourth-order valence-corrected chi connectivity index (χ4v) is 2.41. The number of nitrogens with one attached hydrogen (secondary N) is 2. The summed E-state index contributed by atoms with van der Waals surface area (Å²) in [5, 5.41) is 3.38. The molecule has 0 aliphatic heterocycles. The molecule has 4 N–H and O–H groups in total. The summed E-state index contributed by atoms with van der Waals surface area (Å²) in [4.78, 5) is 8.80. The van der Waals surface area contributed by atoms with E-state index in [0.29, 0.717) is 18.5 Å². The van der Waals surface area contributed by atoms with Crippen LogP contribution in [0, 0.1) is 6.92 Å². The number of rotatable bonds is 3. The monoisotopic (exact) mass is 261 g/mol. The molecule has 104 valence electrons. The van der Waals surface area contributed by atoms with Gasteiger partial charge in [0.1, 0.15) is 0 Å². The Morgan fingerprint density at radius 3 is 2.89 bits per heavy atom. The molecular formula is C14H23N5. The van der Waals surface area contributed by atoms with Crippen LogP contribution in [0.3, 0.4) is 0 Å². The predicted molar refractivity (Wildman–Crippen MR) is 77.4 cm³/mol. The van der Waals surface area contributed by atoms with Gasteiger partial charge in [-0.15, -0.1) is 0 Å². The van der Waals surface area contributed by atoms with E-state index in [2.05, 4.69) is 20.7 Å². The molecule has 0 aromatic carbocycles. The average molecular weight is 261 g/mol. The van der Waals surface area contributed by atoms with Crippen LogP contribution in [0.5, 0.6) is 0 Å². The minimum Gasteiger partial charge on any atom is -0.353 e. The Morgan fingerprint density at radius 1 is 1.42 bits per heavy atom. The summed E-state index contributed by atoms with van der Waals surface area (Å²) in [5.41, 5.74) is 4.79. The number of nitrogens with two attached hydrogens (primary N) is 1. The normalized spacial score (nSPS) is 17.3. The molecule has 2 rings (SSSR count). The zero-order chi connectivity index (χ0) is 13.5. The standard InChI is InChI=1S/C14H23N5/c1-11-6-5-9-16-13(11)10-17-14(19-15)18-12-7-3-2-4-8-12/h5-6,9,12H,2-4,7-8,10,15H2,1H3,(H2,17,18,19). The molecule has 1 saturated carbocycles. The van der Waals surface area contributed by atoms with Crippen LogP contribution in [-0.4, -0.2) is 17.0 Å². The molecule has 0 spiro atoms. The first-order valence-corrected chi connectivity index (χ1v) is 6.97. The van der Waals surface area contributed by atoms with E-state index in [1.165, 1.54) is 32.1 Å². The van der Waals surface area contributed by atoms with E-state index < -0.39 is 0 Å². The first-order valence-electron chi connectivity index (χ1n) is 6.97. The van der Waals surface area contributed by atoms with Crippen molar-refractivity contribution in [3.8, 4) is 0 Å². The van der Waals surface area contributed by atoms with Gasteiger partial charge in [0.05, 0.1) is 12.2 Å². The van der Waals surface area contributed by atoms with Crippen molar-refractivity contribution in [2.24, 2.45) is 10.8 Å². The minimum absolute atomic E-state index is 0.494. The topological polar surface area (TPSA) is 75.3 Å². The van der Waals surface area contributed by atoms with E-state index >= 15 is 0 Å². The van der Waals surface area contributed by atoms with Crippen molar-refractivity contribution in [2.45, 2.75) is 51.6 Å². The first-order chi connectivity index (χ1) is 9.29. The van der Waals surface area contributed by atoms with Gasteiger partial charge in [0.15, 0.2) is 0 Å². The van der Waals surface area contributed by atoms with E-state index in [-0.39, 0.29) is 0 Å². The lowest BCUT2D eigenvalue weighted by molar-refractivity contribution is 0.410. The molecule has 5 heteroatoms. The molecule has 19 heavy (non-hydrogen) atoms. The third-order valence-corrected chi connectivity index (χ3v) is 3.59. The molecule has 0 atom stereocenters. The summed E-state index contributed by atoms with van der Waals surface area (Å²) in [5.74, 6) is 6.19. The second kappa shape index (κ2) is 7.09. The summed E-state index contributed by atoms with van der Waals surface area (Å²) >= 11 is 0. The Balaban J connectivity index is 1.93. The number of nitrogens with zero attached hydrogens (tertiary/aromatic N) is 2. The average Bonchev–Trinajstić information content (AvgIpc) is 2.46. The summed E-state index contributed by atoms with van der Waals surface area (Å²) in [6, 6.07) is 4.47. The van der Waals surface area contributed by atoms with E-state index in [0.717, 1.165) is 11.3 Å². The highest BCUT2D eigenvalue weighted by Gasteiger charge is 2.14. The summed E-state index contributed by atoms with van der Waals surface area (Å²) < 4.78 is 0. The van der Waals surface area contributed by atoms with Gasteiger partial charge in [-0.2, -0.15) is 0 Å². The first kappa shape index (κ1) is 13.8. The number of pyridine rings is 1. The lowest BCUT2D eigenvalue weighted by Gasteiger charge is -2.24. The number of hydrazine groups is 1. The molecule has 1 aliphatic carbocycles. The number of aryl methyl sites for hydroxylation is 1. The Morgan fingerprint density at radius 2 is 2.21 bits per heavy atom. The summed E-state index contributed by atoms with van der Waals surface area (Å²) in [6.07, 6.45) is 8.10. The van der Waals surface area contributed by atoms with Gasteiger partial charge in [-0.25, -0.2) is 10.8 Å². The summed E-state index contributed by atoms with van der Waals surface area (Å²) in [6.45, 7) is 2.59. The largest absolute Gasteiger partial charge is 0.353 e. The molecule has 0 bridgehead atoms. The summed E-state index contributed by atoms with van der Waals surface area (Å²) in [7, 11) is 0. The highest BCUT2D eigenvalue weighted by molar-refractivity contribution is 5.79. The third kappa shape index (κ3) is 4.21. The van der Waals surface area contributed by atoms with Crippen LogP contribution >= 0.6 is 0 Å². The molecule has 0 amide bonds. The van der Waals surface area contributed by atoms with Crippen LogP contribution in [0.4, 0.5) is 0 Å². The smallest absolute Gasteiger partial charge is 0.206 e. The van der Waals surface area contributed by atoms with Gasteiger partial charge in [-0.3, -0.25) is 10.4 Å². The van der Waals surface area contributed by atoms with Crippen molar-refractivity contribution in [2.75, 3.05) is 0 Å². The van der Waals surface area contributed by atoms with Crippen LogP contribution in [0.15, 0.2) is 23.3 Å². The number of guanidine groups is 1. The van der Waals surface area contributed by atoms with Crippen LogP contribution in [0.1, 0.15) is 43.4 Å². The highest BCUT2D eigenvalue weighted by atomic mass is 15.3. The van der Waals surface area contributed by atoms with Gasteiger partial charge in [0, 0.05) is 12.2 Å². The highest BCUT2D eigenvalue weighted by Crippen LogP contribution is 2.17. The van der Waals surface area contributed by atoms with Crippen LogP contribution < -0.4 is 16.6 Å². The van der Waals surface area contributed by atoms with Crippen molar-refractivity contribution in [3.63, 3.8) is 0 Å². The Kier molecular flexibility index (Phi) is 5.15. The zero-order valence-corrected chi connectivity index (χ0v) is 11.5. The van der Waals surface area contributed by atoms with E-state index in [1.54, 1.807) is 6.20 Å². The van der Waals surface area contributed by atoms with Crippen molar-refractivity contribution in [1.82, 2.24) is 15.7 Å². The second-order valence-electron chi connectivity index (χ2n) is 5.06. The van der Waals surface area contributed by atoms with Crippen LogP contribution in [0.2, 0.25) is 0 Å². The Bertz CT molecular complexity index is 424. The molecule has 1 heterocycles.